The van der Waals surface area contributed by atoms with E-state index in [4.69, 9.17) is 9.84 Å². The van der Waals surface area contributed by atoms with Crippen LogP contribution < -0.4 is 0 Å². The second-order valence-electron chi connectivity index (χ2n) is 4.42. The van der Waals surface area contributed by atoms with E-state index >= 15 is 0 Å². The highest BCUT2D eigenvalue weighted by molar-refractivity contribution is 5.67. The number of ether oxygens (including phenoxy) is 1. The average Bonchev–Trinajstić information content (AvgIpc) is 1.95. The molecule has 2 saturated heterocycles. The van der Waals surface area contributed by atoms with Gasteiger partial charge < -0.3 is 14.7 Å². The van der Waals surface area contributed by atoms with Crippen molar-refractivity contribution < 1.29 is 14.6 Å². The van der Waals surface area contributed by atoms with Gasteiger partial charge in [-0.3, -0.25) is 4.79 Å². The summed E-state index contributed by atoms with van der Waals surface area (Å²) in [5.41, 5.74) is 0. The van der Waals surface area contributed by atoms with Crippen LogP contribution in [0.15, 0.2) is 0 Å². The summed E-state index contributed by atoms with van der Waals surface area (Å²) in [5, 5.41) is 8.57. The zero-order valence-electron chi connectivity index (χ0n) is 8.32. The minimum atomic E-state index is -0.665. The van der Waals surface area contributed by atoms with E-state index in [2.05, 4.69) is 4.90 Å². The molecule has 14 heavy (non-hydrogen) atoms. The average molecular weight is 199 g/mol. The molecule has 2 aliphatic rings. The van der Waals surface area contributed by atoms with Gasteiger partial charge in [-0.25, -0.2) is 0 Å². The van der Waals surface area contributed by atoms with Crippen LogP contribution in [0.1, 0.15) is 12.8 Å². The molecular weight excluding hydrogens is 182 g/mol. The molecule has 2 rings (SSSR count). The molecule has 0 amide bonds. The molecule has 4 heteroatoms. The molecule has 2 heterocycles. The molecule has 2 aliphatic heterocycles. The van der Waals surface area contributed by atoms with Crippen molar-refractivity contribution in [2.75, 3.05) is 32.8 Å². The topological polar surface area (TPSA) is 49.8 Å². The molecule has 2 fully saturated rings. The molecule has 1 N–H and O–H groups in total. The van der Waals surface area contributed by atoms with Gasteiger partial charge in [0.1, 0.15) is 0 Å². The van der Waals surface area contributed by atoms with E-state index in [0.717, 1.165) is 38.8 Å². The first-order chi connectivity index (χ1) is 6.74. The van der Waals surface area contributed by atoms with Crippen LogP contribution in [0.5, 0.6) is 0 Å². The zero-order chi connectivity index (χ0) is 9.97. The van der Waals surface area contributed by atoms with Gasteiger partial charge in [-0.15, -0.1) is 0 Å². The molecule has 4 nitrogen and oxygen atoms in total. The van der Waals surface area contributed by atoms with Gasteiger partial charge in [0, 0.05) is 19.0 Å². The molecule has 0 saturated carbocycles. The van der Waals surface area contributed by atoms with Gasteiger partial charge in [-0.05, 0) is 18.9 Å². The lowest BCUT2D eigenvalue weighted by Gasteiger charge is -2.40. The number of nitrogens with zero attached hydrogens (tertiary/aromatic N) is 1. The van der Waals surface area contributed by atoms with Crippen molar-refractivity contribution in [3.63, 3.8) is 0 Å². The van der Waals surface area contributed by atoms with Gasteiger partial charge in [0.15, 0.2) is 0 Å². The van der Waals surface area contributed by atoms with E-state index in [1.54, 1.807) is 0 Å². The smallest absolute Gasteiger partial charge is 0.303 e. The van der Waals surface area contributed by atoms with Crippen LogP contribution >= 0.6 is 0 Å². The van der Waals surface area contributed by atoms with E-state index in [0.29, 0.717) is 12.3 Å². The van der Waals surface area contributed by atoms with Crippen LogP contribution in [0, 0.1) is 11.8 Å². The summed E-state index contributed by atoms with van der Waals surface area (Å²) < 4.78 is 5.10. The van der Waals surface area contributed by atoms with Crippen LogP contribution in [-0.4, -0.2) is 48.8 Å². The quantitative estimate of drug-likeness (QED) is 0.697. The number of carbonyl (C=O) groups is 1. The Labute approximate surface area is 83.8 Å². The fourth-order valence-electron chi connectivity index (χ4n) is 2.05. The van der Waals surface area contributed by atoms with Crippen molar-refractivity contribution in [1.29, 1.82) is 0 Å². The Kier molecular flexibility index (Phi) is 3.03. The Hall–Kier alpha value is -0.610. The molecule has 0 aromatic heterocycles. The third-order valence-corrected chi connectivity index (χ3v) is 3.06. The van der Waals surface area contributed by atoms with Crippen LogP contribution in [0.3, 0.4) is 0 Å². The summed E-state index contributed by atoms with van der Waals surface area (Å²) in [4.78, 5) is 12.7. The Balaban J connectivity index is 1.52. The maximum atomic E-state index is 10.4. The van der Waals surface area contributed by atoms with Crippen LogP contribution in [0.4, 0.5) is 0 Å². The monoisotopic (exact) mass is 199 g/mol. The Morgan fingerprint density at radius 2 is 2.07 bits per heavy atom. The number of carboxylic acids is 1. The molecule has 80 valence electrons. The predicted molar refractivity (Wildman–Crippen MR) is 51.1 cm³/mol. The first kappa shape index (κ1) is 9.93. The van der Waals surface area contributed by atoms with Gasteiger partial charge in [-0.2, -0.15) is 0 Å². The molecular formula is C10H17NO3. The van der Waals surface area contributed by atoms with Crippen LogP contribution in [0.2, 0.25) is 0 Å². The highest BCUT2D eigenvalue weighted by atomic mass is 16.5. The van der Waals surface area contributed by atoms with E-state index in [-0.39, 0.29) is 0 Å². The number of carboxylic acid groups (broad SMARTS) is 1. The lowest BCUT2D eigenvalue weighted by atomic mass is 9.95. The first-order valence-electron chi connectivity index (χ1n) is 5.26. The molecule has 0 unspecified atom stereocenters. The molecule has 0 radical (unpaired) electrons. The van der Waals surface area contributed by atoms with Crippen LogP contribution in [0.25, 0.3) is 0 Å². The largest absolute Gasteiger partial charge is 0.481 e. The standard InChI is InChI=1S/C10H17NO3/c12-10(13)3-9-4-11(5-9)2-1-8-6-14-7-8/h8-9H,1-7H2,(H,12,13). The second kappa shape index (κ2) is 4.28. The van der Waals surface area contributed by atoms with Crippen LogP contribution in [-0.2, 0) is 9.53 Å². The van der Waals surface area contributed by atoms with Crippen molar-refractivity contribution in [3.05, 3.63) is 0 Å². The molecule has 0 bridgehead atoms. The van der Waals surface area contributed by atoms with E-state index in [1.165, 1.54) is 6.42 Å². The highest BCUT2D eigenvalue weighted by Crippen LogP contribution is 2.21. The van der Waals surface area contributed by atoms with Crippen molar-refractivity contribution in [2.24, 2.45) is 11.8 Å². The molecule has 0 aromatic rings. The number of hydrogen-bond acceptors (Lipinski definition) is 3. The third kappa shape index (κ3) is 2.45. The lowest BCUT2D eigenvalue weighted by Crippen LogP contribution is -2.48. The molecule has 0 aromatic carbocycles. The normalized spacial score (nSPS) is 24.3. The highest BCUT2D eigenvalue weighted by Gasteiger charge is 2.29. The number of aliphatic carboxylic acids is 1. The summed E-state index contributed by atoms with van der Waals surface area (Å²) in [7, 11) is 0. The SMILES string of the molecule is O=C(O)CC1CN(CCC2COC2)C1. The van der Waals surface area contributed by atoms with Gasteiger partial charge in [0.25, 0.3) is 0 Å². The molecule has 0 spiro atoms. The fraction of sp³-hybridized carbons (Fsp3) is 0.900. The van der Waals surface area contributed by atoms with Gasteiger partial charge in [0.2, 0.25) is 0 Å². The summed E-state index contributed by atoms with van der Waals surface area (Å²) >= 11 is 0. The molecule has 0 aliphatic carbocycles. The lowest BCUT2D eigenvalue weighted by molar-refractivity contribution is -0.139. The minimum Gasteiger partial charge on any atom is -0.481 e. The fourth-order valence-corrected chi connectivity index (χ4v) is 2.05. The second-order valence-corrected chi connectivity index (χ2v) is 4.42. The Bertz CT molecular complexity index is 209. The van der Waals surface area contributed by atoms with Crippen molar-refractivity contribution in [2.45, 2.75) is 12.8 Å². The van der Waals surface area contributed by atoms with Gasteiger partial charge >= 0.3 is 5.97 Å². The van der Waals surface area contributed by atoms with Crippen molar-refractivity contribution >= 4 is 5.97 Å². The van der Waals surface area contributed by atoms with Crippen molar-refractivity contribution in [3.8, 4) is 0 Å². The predicted octanol–water partition coefficient (Wildman–Crippen LogP) is 0.429. The third-order valence-electron chi connectivity index (χ3n) is 3.06. The van der Waals surface area contributed by atoms with E-state index in [1.807, 2.05) is 0 Å². The summed E-state index contributed by atoms with van der Waals surface area (Å²) in [6.45, 7) is 4.91. The van der Waals surface area contributed by atoms with E-state index in [9.17, 15) is 4.79 Å². The molecule has 0 atom stereocenters. The van der Waals surface area contributed by atoms with Gasteiger partial charge in [-0.1, -0.05) is 0 Å². The number of likely N-dealkylation sites (tertiary alicyclic amines) is 1. The number of hydrogen-bond donors (Lipinski definition) is 1. The van der Waals surface area contributed by atoms with Gasteiger partial charge in [0.05, 0.1) is 19.6 Å². The minimum absolute atomic E-state index is 0.336. The van der Waals surface area contributed by atoms with Crippen molar-refractivity contribution in [1.82, 2.24) is 4.90 Å². The first-order valence-corrected chi connectivity index (χ1v) is 5.26. The summed E-state index contributed by atoms with van der Waals surface area (Å²) in [6, 6.07) is 0. The number of rotatable bonds is 5. The Morgan fingerprint density at radius 1 is 1.36 bits per heavy atom. The maximum absolute atomic E-state index is 10.4. The summed E-state index contributed by atoms with van der Waals surface area (Å²) in [5.74, 6) is 0.487. The Morgan fingerprint density at radius 3 is 2.57 bits per heavy atom. The summed E-state index contributed by atoms with van der Waals surface area (Å²) in [6.07, 6.45) is 1.54. The zero-order valence-corrected chi connectivity index (χ0v) is 8.32. The maximum Gasteiger partial charge on any atom is 0.303 e. The van der Waals surface area contributed by atoms with E-state index < -0.39 is 5.97 Å².